The summed E-state index contributed by atoms with van der Waals surface area (Å²) in [6.07, 6.45) is 3.96. The second kappa shape index (κ2) is 5.04. The van der Waals surface area contributed by atoms with Crippen LogP contribution in [0.2, 0.25) is 0 Å². The van der Waals surface area contributed by atoms with Crippen molar-refractivity contribution in [3.8, 4) is 5.75 Å². The third kappa shape index (κ3) is 2.86. The molecule has 3 heteroatoms. The number of phenols is 1. The first-order chi connectivity index (χ1) is 6.25. The minimum Gasteiger partial charge on any atom is -0.507 e. The fraction of sp³-hybridized carbons (Fsp3) is 0.200. The highest BCUT2D eigenvalue weighted by Gasteiger charge is 1.99. The van der Waals surface area contributed by atoms with E-state index >= 15 is 0 Å². The van der Waals surface area contributed by atoms with Crippen LogP contribution in [-0.4, -0.2) is 18.7 Å². The van der Waals surface area contributed by atoms with E-state index in [0.29, 0.717) is 0 Å². The molecule has 0 radical (unpaired) electrons. The van der Waals surface area contributed by atoms with Crippen LogP contribution in [0.1, 0.15) is 5.56 Å². The maximum atomic E-state index is 9.36. The lowest BCUT2D eigenvalue weighted by molar-refractivity contribution is 0.472. The molecule has 0 fully saturated rings. The first kappa shape index (κ1) is 10.3. The molecule has 0 spiro atoms. The molecule has 0 bridgehead atoms. The lowest BCUT2D eigenvalue weighted by Crippen LogP contribution is -2.03. The third-order valence-electron chi connectivity index (χ3n) is 1.63. The van der Waals surface area contributed by atoms with Gasteiger partial charge in [-0.3, -0.25) is 0 Å². The fourth-order valence-electron chi connectivity index (χ4n) is 0.970. The summed E-state index contributed by atoms with van der Waals surface area (Å²) < 4.78 is 0.738. The summed E-state index contributed by atoms with van der Waals surface area (Å²) >= 11 is 3.31. The Kier molecular flexibility index (Phi) is 3.99. The Hall–Kier alpha value is -0.800. The molecule has 70 valence electrons. The van der Waals surface area contributed by atoms with Gasteiger partial charge in [-0.1, -0.05) is 24.3 Å². The Morgan fingerprint density at radius 1 is 1.54 bits per heavy atom. The number of hydrogen-bond donors (Lipinski definition) is 2. The molecule has 0 saturated heterocycles. The lowest BCUT2D eigenvalue weighted by atomic mass is 10.2. The Morgan fingerprint density at radius 3 is 3.00 bits per heavy atom. The number of likely N-dealkylation sites (N-methyl/N-ethyl adjacent to an activating group) is 1. The largest absolute Gasteiger partial charge is 0.507 e. The van der Waals surface area contributed by atoms with Gasteiger partial charge in [-0.25, -0.2) is 0 Å². The van der Waals surface area contributed by atoms with Gasteiger partial charge in [-0.05, 0) is 34.6 Å². The molecule has 1 aromatic carbocycles. The predicted molar refractivity (Wildman–Crippen MR) is 58.8 cm³/mol. The monoisotopic (exact) mass is 241 g/mol. The van der Waals surface area contributed by atoms with Crippen molar-refractivity contribution >= 4 is 22.0 Å². The van der Waals surface area contributed by atoms with Crippen LogP contribution in [0.5, 0.6) is 5.75 Å². The first-order valence-electron chi connectivity index (χ1n) is 4.04. The molecule has 1 rings (SSSR count). The molecular formula is C10H12BrNO. The molecule has 0 saturated carbocycles. The summed E-state index contributed by atoms with van der Waals surface area (Å²) in [5.41, 5.74) is 0.982. The summed E-state index contributed by atoms with van der Waals surface area (Å²) in [5, 5.41) is 12.4. The van der Waals surface area contributed by atoms with Crippen LogP contribution >= 0.6 is 15.9 Å². The highest BCUT2D eigenvalue weighted by Crippen LogP contribution is 2.27. The maximum absolute atomic E-state index is 9.36. The standard InChI is InChI=1S/C10H12BrNO/c1-12-7-3-5-8-4-2-6-9(13)10(8)11/h2-6,12-13H,7H2,1H3. The van der Waals surface area contributed by atoms with Crippen molar-refractivity contribution in [2.24, 2.45) is 0 Å². The van der Waals surface area contributed by atoms with Crippen LogP contribution in [0.3, 0.4) is 0 Å². The molecule has 0 aliphatic rings. The Morgan fingerprint density at radius 2 is 2.31 bits per heavy atom. The van der Waals surface area contributed by atoms with Gasteiger partial charge >= 0.3 is 0 Å². The van der Waals surface area contributed by atoms with Gasteiger partial charge < -0.3 is 10.4 Å². The lowest BCUT2D eigenvalue weighted by Gasteiger charge is -2.00. The highest BCUT2D eigenvalue weighted by molar-refractivity contribution is 9.10. The van der Waals surface area contributed by atoms with Crippen molar-refractivity contribution in [2.75, 3.05) is 13.6 Å². The van der Waals surface area contributed by atoms with E-state index in [9.17, 15) is 5.11 Å². The minimum absolute atomic E-state index is 0.270. The van der Waals surface area contributed by atoms with Crippen LogP contribution in [0.4, 0.5) is 0 Å². The van der Waals surface area contributed by atoms with Gasteiger partial charge in [0, 0.05) is 6.54 Å². The van der Waals surface area contributed by atoms with Crippen LogP contribution in [0, 0.1) is 0 Å². The van der Waals surface area contributed by atoms with Crippen molar-refractivity contribution in [2.45, 2.75) is 0 Å². The van der Waals surface area contributed by atoms with E-state index < -0.39 is 0 Å². The van der Waals surface area contributed by atoms with Gasteiger partial charge in [-0.2, -0.15) is 0 Å². The summed E-state index contributed by atoms with van der Waals surface area (Å²) in [5.74, 6) is 0.270. The zero-order valence-electron chi connectivity index (χ0n) is 7.42. The van der Waals surface area contributed by atoms with Crippen molar-refractivity contribution in [1.82, 2.24) is 5.32 Å². The molecule has 0 amide bonds. The normalized spacial score (nSPS) is 10.9. The van der Waals surface area contributed by atoms with Gasteiger partial charge in [0.1, 0.15) is 5.75 Å². The van der Waals surface area contributed by atoms with Gasteiger partial charge in [0.2, 0.25) is 0 Å². The van der Waals surface area contributed by atoms with Crippen molar-refractivity contribution in [3.63, 3.8) is 0 Å². The summed E-state index contributed by atoms with van der Waals surface area (Å²) in [6.45, 7) is 0.822. The van der Waals surface area contributed by atoms with E-state index in [0.717, 1.165) is 16.6 Å². The van der Waals surface area contributed by atoms with Crippen molar-refractivity contribution in [1.29, 1.82) is 0 Å². The average Bonchev–Trinajstić information content (AvgIpc) is 2.13. The molecule has 13 heavy (non-hydrogen) atoms. The number of halogens is 1. The van der Waals surface area contributed by atoms with E-state index in [1.165, 1.54) is 0 Å². The Labute approximate surface area is 86.4 Å². The molecule has 2 N–H and O–H groups in total. The summed E-state index contributed by atoms with van der Waals surface area (Å²) in [6, 6.07) is 5.41. The SMILES string of the molecule is CNCC=Cc1cccc(O)c1Br. The second-order valence-electron chi connectivity index (χ2n) is 2.64. The van der Waals surface area contributed by atoms with E-state index in [4.69, 9.17) is 0 Å². The van der Waals surface area contributed by atoms with Gasteiger partial charge in [-0.15, -0.1) is 0 Å². The van der Waals surface area contributed by atoms with Gasteiger partial charge in [0.05, 0.1) is 4.47 Å². The van der Waals surface area contributed by atoms with Crippen LogP contribution < -0.4 is 5.32 Å². The number of hydrogen-bond acceptors (Lipinski definition) is 2. The van der Waals surface area contributed by atoms with E-state index in [1.54, 1.807) is 6.07 Å². The van der Waals surface area contributed by atoms with E-state index in [1.807, 2.05) is 31.3 Å². The van der Waals surface area contributed by atoms with Gasteiger partial charge in [0.15, 0.2) is 0 Å². The zero-order chi connectivity index (χ0) is 9.68. The molecule has 2 nitrogen and oxygen atoms in total. The Balaban J connectivity index is 2.83. The number of nitrogens with one attached hydrogen (secondary N) is 1. The number of phenolic OH excluding ortho intramolecular Hbond substituents is 1. The second-order valence-corrected chi connectivity index (χ2v) is 3.43. The van der Waals surface area contributed by atoms with Crippen molar-refractivity contribution in [3.05, 3.63) is 34.3 Å². The minimum atomic E-state index is 0.270. The van der Waals surface area contributed by atoms with Gasteiger partial charge in [0.25, 0.3) is 0 Å². The molecule has 0 aromatic heterocycles. The predicted octanol–water partition coefficient (Wildman–Crippen LogP) is 2.39. The molecule has 0 aliphatic carbocycles. The quantitative estimate of drug-likeness (QED) is 0.852. The number of rotatable bonds is 3. The molecule has 1 aromatic rings. The molecule has 0 atom stereocenters. The van der Waals surface area contributed by atoms with Crippen LogP contribution in [0.25, 0.3) is 6.08 Å². The smallest absolute Gasteiger partial charge is 0.130 e. The topological polar surface area (TPSA) is 32.3 Å². The van der Waals surface area contributed by atoms with Crippen molar-refractivity contribution < 1.29 is 5.11 Å². The van der Waals surface area contributed by atoms with Crippen LogP contribution in [0.15, 0.2) is 28.7 Å². The molecule has 0 aliphatic heterocycles. The first-order valence-corrected chi connectivity index (χ1v) is 4.83. The highest BCUT2D eigenvalue weighted by atomic mass is 79.9. The molecular weight excluding hydrogens is 230 g/mol. The molecule has 0 heterocycles. The number of benzene rings is 1. The van der Waals surface area contributed by atoms with E-state index in [-0.39, 0.29) is 5.75 Å². The Bertz CT molecular complexity index is 310. The third-order valence-corrected chi connectivity index (χ3v) is 2.49. The number of aromatic hydroxyl groups is 1. The van der Waals surface area contributed by atoms with E-state index in [2.05, 4.69) is 21.2 Å². The zero-order valence-corrected chi connectivity index (χ0v) is 9.01. The summed E-state index contributed by atoms with van der Waals surface area (Å²) in [4.78, 5) is 0. The maximum Gasteiger partial charge on any atom is 0.130 e. The molecule has 0 unspecified atom stereocenters. The van der Waals surface area contributed by atoms with Crippen LogP contribution in [-0.2, 0) is 0 Å². The fourth-order valence-corrected chi connectivity index (χ4v) is 1.37. The average molecular weight is 242 g/mol. The summed E-state index contributed by atoms with van der Waals surface area (Å²) in [7, 11) is 1.89.